The summed E-state index contributed by atoms with van der Waals surface area (Å²) in [7, 11) is -1.98. The molecule has 9 heteroatoms. The number of ether oxygens (including phenoxy) is 2. The van der Waals surface area contributed by atoms with Gasteiger partial charge in [-0.1, -0.05) is 6.07 Å². The Hall–Kier alpha value is -2.10. The summed E-state index contributed by atoms with van der Waals surface area (Å²) in [6.45, 7) is 3.63. The summed E-state index contributed by atoms with van der Waals surface area (Å²) in [5, 5.41) is 14.4. The molecule has 136 valence electrons. The molecule has 0 aliphatic carbocycles. The van der Waals surface area contributed by atoms with E-state index < -0.39 is 16.1 Å². The number of nitrogens with one attached hydrogen (secondary N) is 1. The number of nitrogens with zero attached hydrogens (tertiary/aromatic N) is 2. The van der Waals surface area contributed by atoms with Crippen LogP contribution in [0.1, 0.15) is 29.5 Å². The lowest BCUT2D eigenvalue weighted by Gasteiger charge is -2.13. The van der Waals surface area contributed by atoms with Gasteiger partial charge in [0.05, 0.1) is 17.5 Å². The topological polar surface area (TPSA) is 103 Å². The van der Waals surface area contributed by atoms with Crippen molar-refractivity contribution in [3.63, 3.8) is 0 Å². The Morgan fingerprint density at radius 1 is 1.32 bits per heavy atom. The molecule has 25 heavy (non-hydrogen) atoms. The van der Waals surface area contributed by atoms with Crippen LogP contribution < -0.4 is 14.2 Å². The van der Waals surface area contributed by atoms with Crippen molar-refractivity contribution in [3.8, 4) is 11.5 Å². The number of hydrogen-bond acceptors (Lipinski definition) is 6. The van der Waals surface area contributed by atoms with Gasteiger partial charge in [0, 0.05) is 13.6 Å². The fourth-order valence-corrected chi connectivity index (χ4v) is 4.31. The normalized spacial score (nSPS) is 14.7. The highest BCUT2D eigenvalue weighted by atomic mass is 32.2. The van der Waals surface area contributed by atoms with Crippen molar-refractivity contribution in [3.05, 3.63) is 35.2 Å². The second-order valence-corrected chi connectivity index (χ2v) is 7.64. The molecule has 0 saturated heterocycles. The van der Waals surface area contributed by atoms with E-state index in [-0.39, 0.29) is 24.7 Å². The molecule has 8 nitrogen and oxygen atoms in total. The van der Waals surface area contributed by atoms with Gasteiger partial charge in [0.1, 0.15) is 4.90 Å². The van der Waals surface area contributed by atoms with E-state index in [4.69, 9.17) is 9.47 Å². The van der Waals surface area contributed by atoms with E-state index in [0.717, 1.165) is 0 Å². The highest BCUT2D eigenvalue weighted by Crippen LogP contribution is 2.34. The maximum atomic E-state index is 12.5. The van der Waals surface area contributed by atoms with Gasteiger partial charge in [-0.25, -0.2) is 13.1 Å². The standard InChI is InChI=1S/C16H21N3O5S/c1-10-16(11(2)19(3)18-10)25(21,22)17-7-6-13(20)12-4-5-14-15(8-12)24-9-23-14/h4-5,8,13,17,20H,6-7,9H2,1-3H3/t13-/m1/s1. The third kappa shape index (κ3) is 3.48. The largest absolute Gasteiger partial charge is 0.454 e. The number of aliphatic hydroxyl groups is 1. The first-order valence-electron chi connectivity index (χ1n) is 7.87. The number of sulfonamides is 1. The summed E-state index contributed by atoms with van der Waals surface area (Å²) in [5.74, 6) is 1.22. The zero-order chi connectivity index (χ0) is 18.2. The molecule has 1 aromatic carbocycles. The highest BCUT2D eigenvalue weighted by molar-refractivity contribution is 7.89. The van der Waals surface area contributed by atoms with Gasteiger partial charge >= 0.3 is 0 Å². The van der Waals surface area contributed by atoms with Crippen LogP contribution in [0.5, 0.6) is 11.5 Å². The molecule has 2 N–H and O–H groups in total. The molecule has 0 unspecified atom stereocenters. The van der Waals surface area contributed by atoms with Crippen LogP contribution in [0.2, 0.25) is 0 Å². The van der Waals surface area contributed by atoms with Gasteiger partial charge in [-0.15, -0.1) is 0 Å². The lowest BCUT2D eigenvalue weighted by molar-refractivity contribution is 0.166. The van der Waals surface area contributed by atoms with Crippen molar-refractivity contribution in [2.75, 3.05) is 13.3 Å². The van der Waals surface area contributed by atoms with Crippen molar-refractivity contribution < 1.29 is 23.0 Å². The van der Waals surface area contributed by atoms with Crippen molar-refractivity contribution in [2.24, 2.45) is 7.05 Å². The smallest absolute Gasteiger partial charge is 0.244 e. The average Bonchev–Trinajstić information content (AvgIpc) is 3.10. The SMILES string of the molecule is Cc1nn(C)c(C)c1S(=O)(=O)NCC[C@@H](O)c1ccc2c(c1)OCO2. The minimum absolute atomic E-state index is 0.103. The molecule has 0 bridgehead atoms. The molecule has 1 aliphatic heterocycles. The van der Waals surface area contributed by atoms with Crippen LogP contribution in [0, 0.1) is 13.8 Å². The van der Waals surface area contributed by atoms with Crippen LogP contribution >= 0.6 is 0 Å². The van der Waals surface area contributed by atoms with Crippen LogP contribution in [-0.2, 0) is 17.1 Å². The molecule has 1 aliphatic rings. The zero-order valence-corrected chi connectivity index (χ0v) is 15.1. The predicted molar refractivity (Wildman–Crippen MR) is 90.0 cm³/mol. The highest BCUT2D eigenvalue weighted by Gasteiger charge is 2.24. The second-order valence-electron chi connectivity index (χ2n) is 5.94. The van der Waals surface area contributed by atoms with E-state index in [2.05, 4.69) is 9.82 Å². The fraction of sp³-hybridized carbons (Fsp3) is 0.438. The van der Waals surface area contributed by atoms with E-state index in [1.807, 2.05) is 0 Å². The van der Waals surface area contributed by atoms with Gasteiger partial charge in [0.25, 0.3) is 0 Å². The minimum Gasteiger partial charge on any atom is -0.454 e. The predicted octanol–water partition coefficient (Wildman–Crippen LogP) is 1.17. The second kappa shape index (κ2) is 6.66. The molecule has 0 fully saturated rings. The van der Waals surface area contributed by atoms with Crippen LogP contribution in [0.15, 0.2) is 23.1 Å². The quantitative estimate of drug-likeness (QED) is 0.794. The van der Waals surface area contributed by atoms with Crippen molar-refractivity contribution in [1.82, 2.24) is 14.5 Å². The van der Waals surface area contributed by atoms with E-state index >= 15 is 0 Å². The Morgan fingerprint density at radius 3 is 2.72 bits per heavy atom. The van der Waals surface area contributed by atoms with Crippen LogP contribution in [-0.4, -0.2) is 36.6 Å². The van der Waals surface area contributed by atoms with E-state index in [1.165, 1.54) is 4.68 Å². The molecule has 0 saturated carbocycles. The monoisotopic (exact) mass is 367 g/mol. The Balaban J connectivity index is 1.64. The third-order valence-corrected chi connectivity index (χ3v) is 5.92. The molecule has 1 atom stereocenters. The first-order chi connectivity index (χ1) is 11.8. The number of aliphatic hydroxyl groups excluding tert-OH is 1. The summed E-state index contributed by atoms with van der Waals surface area (Å²) in [4.78, 5) is 0.188. The molecular formula is C16H21N3O5S. The molecule has 3 rings (SSSR count). The molecule has 0 spiro atoms. The third-order valence-electron chi connectivity index (χ3n) is 4.20. The van der Waals surface area contributed by atoms with Gasteiger partial charge < -0.3 is 14.6 Å². The molecular weight excluding hydrogens is 346 g/mol. The molecule has 0 amide bonds. The Labute approximate surface area is 146 Å². The lowest BCUT2D eigenvalue weighted by atomic mass is 10.1. The number of hydrogen-bond donors (Lipinski definition) is 2. The number of rotatable bonds is 6. The minimum atomic E-state index is -3.68. The van der Waals surface area contributed by atoms with E-state index in [1.54, 1.807) is 39.1 Å². The van der Waals surface area contributed by atoms with Gasteiger partial charge in [-0.05, 0) is 38.0 Å². The van der Waals surface area contributed by atoms with Crippen LogP contribution in [0.25, 0.3) is 0 Å². The maximum Gasteiger partial charge on any atom is 0.244 e. The van der Waals surface area contributed by atoms with E-state index in [0.29, 0.717) is 28.5 Å². The first kappa shape index (κ1) is 17.7. The summed E-state index contributed by atoms with van der Waals surface area (Å²) in [5.41, 5.74) is 1.67. The molecule has 1 aromatic heterocycles. The fourth-order valence-electron chi connectivity index (χ4n) is 2.83. The number of fused-ring (bicyclic) bond motifs is 1. The van der Waals surface area contributed by atoms with Crippen LogP contribution in [0.3, 0.4) is 0 Å². The summed E-state index contributed by atoms with van der Waals surface area (Å²) < 4.78 is 39.5. The molecule has 2 heterocycles. The number of aromatic nitrogens is 2. The van der Waals surface area contributed by atoms with Crippen molar-refractivity contribution in [2.45, 2.75) is 31.3 Å². The van der Waals surface area contributed by atoms with E-state index in [9.17, 15) is 13.5 Å². The molecule has 2 aromatic rings. The van der Waals surface area contributed by atoms with Crippen LogP contribution in [0.4, 0.5) is 0 Å². The maximum absolute atomic E-state index is 12.5. The number of aryl methyl sites for hydroxylation is 2. The van der Waals surface area contributed by atoms with Gasteiger partial charge in [0.2, 0.25) is 16.8 Å². The van der Waals surface area contributed by atoms with Gasteiger partial charge in [0.15, 0.2) is 11.5 Å². The van der Waals surface area contributed by atoms with Gasteiger partial charge in [-0.2, -0.15) is 5.10 Å². The van der Waals surface area contributed by atoms with Crippen molar-refractivity contribution in [1.29, 1.82) is 0 Å². The number of benzene rings is 1. The summed E-state index contributed by atoms with van der Waals surface area (Å²) in [6.07, 6.45) is -0.578. The average molecular weight is 367 g/mol. The van der Waals surface area contributed by atoms with Crippen molar-refractivity contribution >= 4 is 10.0 Å². The Kier molecular flexibility index (Phi) is 4.72. The first-order valence-corrected chi connectivity index (χ1v) is 9.35. The Morgan fingerprint density at radius 2 is 2.04 bits per heavy atom. The summed E-state index contributed by atoms with van der Waals surface area (Å²) in [6, 6.07) is 5.17. The zero-order valence-electron chi connectivity index (χ0n) is 14.3. The molecule has 0 radical (unpaired) electrons. The lowest BCUT2D eigenvalue weighted by Crippen LogP contribution is -2.27. The summed E-state index contributed by atoms with van der Waals surface area (Å²) >= 11 is 0. The Bertz CT molecular complexity index is 891. The van der Waals surface area contributed by atoms with Gasteiger partial charge in [-0.3, -0.25) is 4.68 Å².